The summed E-state index contributed by atoms with van der Waals surface area (Å²) in [5.74, 6) is 3.38. The van der Waals surface area contributed by atoms with Gasteiger partial charge in [-0.3, -0.25) is 30.1 Å². The third kappa shape index (κ3) is 10.2. The fraction of sp³-hybridized carbons (Fsp3) is 0.425. The number of urea groups is 2. The van der Waals surface area contributed by atoms with Crippen LogP contribution in [0.2, 0.25) is 10.0 Å². The van der Waals surface area contributed by atoms with Gasteiger partial charge < -0.3 is 20.9 Å². The zero-order valence-corrected chi connectivity index (χ0v) is 34.2. The van der Waals surface area contributed by atoms with Crippen molar-refractivity contribution in [3.8, 4) is 0 Å². The van der Waals surface area contributed by atoms with Crippen molar-refractivity contribution in [2.24, 2.45) is 11.8 Å². The highest BCUT2D eigenvalue weighted by Crippen LogP contribution is 2.33. The zero-order valence-electron chi connectivity index (χ0n) is 32.7. The van der Waals surface area contributed by atoms with Gasteiger partial charge in [0.2, 0.25) is 17.8 Å². The van der Waals surface area contributed by atoms with Gasteiger partial charge in [-0.15, -0.1) is 0 Å². The Balaban J connectivity index is 0.000000180. The molecule has 16 nitrogen and oxygen atoms in total. The summed E-state index contributed by atoms with van der Waals surface area (Å²) >= 11 is 12.5. The number of rotatable bonds is 10. The van der Waals surface area contributed by atoms with Crippen molar-refractivity contribution >= 4 is 76.1 Å². The summed E-state index contributed by atoms with van der Waals surface area (Å²) in [5, 5.41) is 16.7. The van der Waals surface area contributed by atoms with Crippen molar-refractivity contribution in [2.45, 2.75) is 38.8 Å². The molecule has 0 unspecified atom stereocenters. The topological polar surface area (TPSA) is 176 Å². The summed E-state index contributed by atoms with van der Waals surface area (Å²) in [6, 6.07) is 14.0. The Bertz CT molecular complexity index is 2090. The van der Waals surface area contributed by atoms with E-state index in [9.17, 15) is 14.4 Å². The minimum absolute atomic E-state index is 0.138. The average molecular weight is 831 g/mol. The maximum Gasteiger partial charge on any atom is 0.327 e. The molecule has 2 aromatic carbocycles. The van der Waals surface area contributed by atoms with E-state index >= 15 is 0 Å². The molecule has 4 aliphatic heterocycles. The quantitative estimate of drug-likeness (QED) is 0.127. The van der Waals surface area contributed by atoms with E-state index in [2.05, 4.69) is 51.4 Å². The lowest BCUT2D eigenvalue weighted by Crippen LogP contribution is -2.42. The minimum Gasteiger partial charge on any atom is -0.354 e. The molecular formula is C40H49Cl2N13O3. The number of carbonyl (C=O) groups excluding carboxylic acids is 3. The monoisotopic (exact) mass is 829 g/mol. The number of amides is 5. The fourth-order valence-corrected chi connectivity index (χ4v) is 7.70. The van der Waals surface area contributed by atoms with Gasteiger partial charge in [-0.05, 0) is 88.0 Å². The Labute approximate surface area is 348 Å². The number of hydrogen-bond acceptors (Lipinski definition) is 11. The molecular weight excluding hydrogens is 781 g/mol. The molecule has 5 amide bonds. The predicted molar refractivity (Wildman–Crippen MR) is 228 cm³/mol. The highest BCUT2D eigenvalue weighted by atomic mass is 35.5. The van der Waals surface area contributed by atoms with Gasteiger partial charge >= 0.3 is 12.1 Å². The van der Waals surface area contributed by atoms with E-state index in [4.69, 9.17) is 23.2 Å². The molecule has 8 rings (SSSR count). The Morgan fingerprint density at radius 2 is 1.21 bits per heavy atom. The molecule has 0 radical (unpaired) electrons. The maximum absolute atomic E-state index is 12.6. The summed E-state index contributed by atoms with van der Waals surface area (Å²) in [5.41, 5.74) is 3.01. The second-order valence-corrected chi connectivity index (χ2v) is 15.8. The van der Waals surface area contributed by atoms with E-state index in [0.29, 0.717) is 76.4 Å². The first-order valence-corrected chi connectivity index (χ1v) is 20.4. The summed E-state index contributed by atoms with van der Waals surface area (Å²) in [6.45, 7) is 6.77. The Kier molecular flexibility index (Phi) is 13.4. The molecule has 4 aromatic rings. The molecule has 0 bridgehead atoms. The van der Waals surface area contributed by atoms with Crippen molar-refractivity contribution < 1.29 is 14.4 Å². The number of para-hydroxylation sites is 2. The SMILES string of the molecule is CN(C)C(=O)CN1CCC(CNc2ncc3c(n2)NC(=O)N(c2ccccc2Cl)C3)CC1.O=C1Nc2nc(NCC3CCNCC3)ncc2CN1c1ccccc1Cl. The molecule has 0 atom stereocenters. The number of halogens is 2. The molecule has 306 valence electrons. The van der Waals surface area contributed by atoms with Crippen LogP contribution in [0.3, 0.4) is 0 Å². The largest absolute Gasteiger partial charge is 0.354 e. The molecule has 2 saturated heterocycles. The number of anilines is 6. The lowest BCUT2D eigenvalue weighted by molar-refractivity contribution is -0.130. The maximum atomic E-state index is 12.6. The Morgan fingerprint density at radius 1 is 0.741 bits per heavy atom. The van der Waals surface area contributed by atoms with E-state index in [1.54, 1.807) is 53.3 Å². The first kappa shape index (κ1) is 40.9. The lowest BCUT2D eigenvalue weighted by atomic mass is 9.97. The van der Waals surface area contributed by atoms with Crippen molar-refractivity contribution in [2.75, 3.05) is 91.0 Å². The number of hydrogen-bond donors (Lipinski definition) is 5. The lowest BCUT2D eigenvalue weighted by Gasteiger charge is -2.32. The summed E-state index contributed by atoms with van der Waals surface area (Å²) in [4.78, 5) is 61.8. The van der Waals surface area contributed by atoms with Crippen molar-refractivity contribution in [3.63, 3.8) is 0 Å². The van der Waals surface area contributed by atoms with Crippen LogP contribution in [0, 0.1) is 11.8 Å². The third-order valence-corrected chi connectivity index (χ3v) is 11.4. The second kappa shape index (κ2) is 19.0. The van der Waals surface area contributed by atoms with Crippen molar-refractivity contribution in [1.82, 2.24) is 35.1 Å². The summed E-state index contributed by atoms with van der Waals surface area (Å²) in [7, 11) is 3.57. The van der Waals surface area contributed by atoms with Gasteiger partial charge in [0, 0.05) is 50.7 Å². The van der Waals surface area contributed by atoms with Crippen LogP contribution in [0.25, 0.3) is 0 Å². The predicted octanol–water partition coefficient (Wildman–Crippen LogP) is 5.99. The van der Waals surface area contributed by atoms with Crippen LogP contribution in [0.15, 0.2) is 60.9 Å². The van der Waals surface area contributed by atoms with Crippen molar-refractivity contribution in [1.29, 1.82) is 0 Å². The van der Waals surface area contributed by atoms with E-state index in [-0.39, 0.29) is 18.0 Å². The molecule has 4 aliphatic rings. The van der Waals surface area contributed by atoms with E-state index in [1.807, 2.05) is 36.4 Å². The summed E-state index contributed by atoms with van der Waals surface area (Å²) in [6.07, 6.45) is 7.84. The highest BCUT2D eigenvalue weighted by Gasteiger charge is 2.29. The summed E-state index contributed by atoms with van der Waals surface area (Å²) < 4.78 is 0. The first-order valence-electron chi connectivity index (χ1n) is 19.6. The zero-order chi connectivity index (χ0) is 40.6. The van der Waals surface area contributed by atoms with Crippen LogP contribution in [0.1, 0.15) is 36.8 Å². The number of benzene rings is 2. The molecule has 0 saturated carbocycles. The van der Waals surface area contributed by atoms with E-state index < -0.39 is 0 Å². The van der Waals surface area contributed by atoms with Gasteiger partial charge in [0.1, 0.15) is 11.6 Å². The van der Waals surface area contributed by atoms with Crippen LogP contribution in [0.4, 0.5) is 44.5 Å². The third-order valence-electron chi connectivity index (χ3n) is 10.7. The number of fused-ring (bicyclic) bond motifs is 2. The van der Waals surface area contributed by atoms with Crippen LogP contribution in [-0.4, -0.2) is 108 Å². The molecule has 2 fully saturated rings. The number of aromatic nitrogens is 4. The minimum atomic E-state index is -0.269. The van der Waals surface area contributed by atoms with Crippen LogP contribution >= 0.6 is 23.2 Å². The van der Waals surface area contributed by atoms with Gasteiger partial charge in [0.05, 0.1) is 41.1 Å². The molecule has 5 N–H and O–H groups in total. The van der Waals surface area contributed by atoms with Gasteiger partial charge in [-0.25, -0.2) is 19.6 Å². The smallest absolute Gasteiger partial charge is 0.327 e. The molecule has 0 spiro atoms. The molecule has 2 aromatic heterocycles. The number of carbonyl (C=O) groups is 3. The normalized spacial score (nSPS) is 17.2. The van der Waals surface area contributed by atoms with Gasteiger partial charge in [0.25, 0.3) is 0 Å². The van der Waals surface area contributed by atoms with E-state index in [1.165, 1.54) is 0 Å². The number of nitrogens with zero attached hydrogens (tertiary/aromatic N) is 8. The number of likely N-dealkylation sites (tertiary alicyclic amines) is 1. The average Bonchev–Trinajstić information content (AvgIpc) is 3.23. The van der Waals surface area contributed by atoms with Gasteiger partial charge in [-0.2, -0.15) is 9.97 Å². The number of likely N-dealkylation sites (N-methyl/N-ethyl adjacent to an activating group) is 1. The molecule has 6 heterocycles. The van der Waals surface area contributed by atoms with Crippen LogP contribution in [0.5, 0.6) is 0 Å². The highest BCUT2D eigenvalue weighted by molar-refractivity contribution is 6.34. The Hall–Kier alpha value is -5.29. The first-order chi connectivity index (χ1) is 28.1. The molecule has 0 aliphatic carbocycles. The second-order valence-electron chi connectivity index (χ2n) is 15.0. The molecule has 58 heavy (non-hydrogen) atoms. The fourth-order valence-electron chi connectivity index (χ4n) is 7.22. The van der Waals surface area contributed by atoms with Crippen LogP contribution in [-0.2, 0) is 17.9 Å². The Morgan fingerprint density at radius 3 is 1.67 bits per heavy atom. The number of piperidine rings is 2. The van der Waals surface area contributed by atoms with Crippen LogP contribution < -0.4 is 36.4 Å². The molecule has 18 heteroatoms. The van der Waals surface area contributed by atoms with Crippen molar-refractivity contribution in [3.05, 3.63) is 82.1 Å². The van der Waals surface area contributed by atoms with Gasteiger partial charge in [0.15, 0.2) is 0 Å². The van der Waals surface area contributed by atoms with Gasteiger partial charge in [-0.1, -0.05) is 47.5 Å². The van der Waals surface area contributed by atoms with E-state index in [0.717, 1.165) is 76.1 Å². The number of nitrogens with one attached hydrogen (secondary N) is 5. The standard InChI is InChI=1S/C22H28ClN7O2.C18H21ClN6O/c1-28(2)19(31)14-29-9-7-15(8-10-29)11-24-21-25-12-16-13-30(22(32)27-20(16)26-21)18-6-4-3-5-17(18)23;19-14-3-1-2-4-15(14)25-11-13-10-22-17(23-16(13)24-18(25)26)21-9-12-5-7-20-8-6-12/h3-6,12,15H,7-11,13-14H2,1-2H3,(H2,24,25,26,27,32);1-4,10,12,20H,5-9,11H2,(H2,21,22,23,24,26).